The molecule has 0 radical (unpaired) electrons. The van der Waals surface area contributed by atoms with Gasteiger partial charge in [0.1, 0.15) is 5.92 Å². The average Bonchev–Trinajstić information content (AvgIpc) is 2.94. The van der Waals surface area contributed by atoms with Crippen LogP contribution in [0.25, 0.3) is 11.0 Å². The van der Waals surface area contributed by atoms with Crippen LogP contribution in [0, 0.1) is 15.3 Å². The van der Waals surface area contributed by atoms with E-state index in [-0.39, 0.29) is 32.9 Å². The summed E-state index contributed by atoms with van der Waals surface area (Å²) in [5.74, 6) is -1.77. The van der Waals surface area contributed by atoms with Gasteiger partial charge in [-0.25, -0.2) is 4.79 Å². The summed E-state index contributed by atoms with van der Waals surface area (Å²) in [7, 11) is 1.19. The molecule has 25 heavy (non-hydrogen) atoms. The maximum atomic E-state index is 12.3. The number of dihydropyridines is 1. The Balaban J connectivity index is 2.34. The second-order valence-corrected chi connectivity index (χ2v) is 5.50. The van der Waals surface area contributed by atoms with E-state index < -0.39 is 16.8 Å². The van der Waals surface area contributed by atoms with E-state index >= 15 is 0 Å². The minimum atomic E-state index is -1.06. The lowest BCUT2D eigenvalue weighted by atomic mass is 9.83. The summed E-state index contributed by atoms with van der Waals surface area (Å²) in [4.78, 5) is 23.6. The normalized spacial score (nSPS) is 17.6. The lowest BCUT2D eigenvalue weighted by molar-refractivity contribution is -0.782. The number of hydrogen-bond donors (Lipinski definition) is 1. The van der Waals surface area contributed by atoms with E-state index in [0.717, 1.165) is 0 Å². The summed E-state index contributed by atoms with van der Waals surface area (Å²) >= 11 is 0. The molecule has 2 aromatic rings. The summed E-state index contributed by atoms with van der Waals surface area (Å²) in [6, 6.07) is 4.58. The first kappa shape index (κ1) is 16.4. The van der Waals surface area contributed by atoms with Crippen molar-refractivity contribution < 1.29 is 24.0 Å². The van der Waals surface area contributed by atoms with Crippen molar-refractivity contribution in [1.29, 1.82) is 0 Å². The van der Waals surface area contributed by atoms with Crippen LogP contribution in [0.5, 0.6) is 0 Å². The quantitative estimate of drug-likeness (QED) is 0.378. The maximum absolute atomic E-state index is 12.3. The molecule has 0 amide bonds. The fourth-order valence-electron chi connectivity index (χ4n) is 3.06. The van der Waals surface area contributed by atoms with Crippen LogP contribution in [0.4, 0.5) is 0 Å². The van der Waals surface area contributed by atoms with Crippen LogP contribution in [-0.2, 0) is 9.53 Å². The second-order valence-electron chi connectivity index (χ2n) is 5.50. The highest BCUT2D eigenvalue weighted by atomic mass is 16.8. The van der Waals surface area contributed by atoms with Crippen LogP contribution in [-0.4, -0.2) is 23.2 Å². The van der Waals surface area contributed by atoms with Gasteiger partial charge in [0.25, 0.3) is 11.2 Å². The Morgan fingerprint density at radius 1 is 1.40 bits per heavy atom. The highest BCUT2D eigenvalue weighted by molar-refractivity contribution is 5.93. The molecule has 0 fully saturated rings. The standard InChI is InChI=1S/C15H14N4O6/c1-7-11(15(20)24-3)12(14(18(21)22)8(2)16-7)9-5-4-6-10-13(9)17-25-19(10)23/h4-6,12,16H,1-3H3/t12-/m1/s1. The van der Waals surface area contributed by atoms with Gasteiger partial charge in [0.05, 0.1) is 23.3 Å². The van der Waals surface area contributed by atoms with Crippen molar-refractivity contribution in [2.24, 2.45) is 0 Å². The molecule has 0 unspecified atom stereocenters. The van der Waals surface area contributed by atoms with Gasteiger partial charge < -0.3 is 15.3 Å². The van der Waals surface area contributed by atoms with E-state index in [9.17, 15) is 20.1 Å². The number of hydrogen-bond acceptors (Lipinski definition) is 8. The Hall–Kier alpha value is -3.43. The Kier molecular flexibility index (Phi) is 3.87. The molecule has 0 bridgehead atoms. The molecule has 3 rings (SSSR count). The number of fused-ring (bicyclic) bond motifs is 1. The zero-order chi connectivity index (χ0) is 18.3. The predicted molar refractivity (Wildman–Crippen MR) is 83.3 cm³/mol. The molecule has 2 heterocycles. The number of ether oxygens (including phenoxy) is 1. The number of nitrogens with zero attached hydrogens (tertiary/aromatic N) is 3. The molecular weight excluding hydrogens is 332 g/mol. The molecule has 0 aliphatic carbocycles. The first-order valence-electron chi connectivity index (χ1n) is 7.26. The Morgan fingerprint density at radius 2 is 2.12 bits per heavy atom. The number of aromatic nitrogens is 2. The first-order valence-corrected chi connectivity index (χ1v) is 7.26. The van der Waals surface area contributed by atoms with Crippen LogP contribution in [0.1, 0.15) is 25.3 Å². The van der Waals surface area contributed by atoms with Crippen LogP contribution < -0.4 is 10.2 Å². The number of esters is 1. The van der Waals surface area contributed by atoms with Gasteiger partial charge in [-0.2, -0.15) is 0 Å². The molecule has 0 saturated carbocycles. The van der Waals surface area contributed by atoms with Gasteiger partial charge in [0.15, 0.2) is 0 Å². The smallest absolute Gasteiger partial charge is 0.336 e. The van der Waals surface area contributed by atoms with E-state index in [0.29, 0.717) is 11.3 Å². The molecule has 130 valence electrons. The zero-order valence-electron chi connectivity index (χ0n) is 13.6. The predicted octanol–water partition coefficient (Wildman–Crippen LogP) is 1.10. The lowest BCUT2D eigenvalue weighted by Gasteiger charge is -2.25. The van der Waals surface area contributed by atoms with Crippen molar-refractivity contribution in [2.75, 3.05) is 7.11 Å². The number of allylic oxidation sites excluding steroid dienone is 3. The van der Waals surface area contributed by atoms with Gasteiger partial charge in [0, 0.05) is 16.4 Å². The van der Waals surface area contributed by atoms with Crippen LogP contribution in [0.3, 0.4) is 0 Å². The number of methoxy groups -OCH3 is 1. The van der Waals surface area contributed by atoms with Gasteiger partial charge in [-0.15, -0.1) is 0 Å². The van der Waals surface area contributed by atoms with E-state index in [4.69, 9.17) is 4.74 Å². The minimum absolute atomic E-state index is 0.0766. The molecule has 1 aliphatic rings. The number of rotatable bonds is 3. The molecule has 1 aromatic carbocycles. The molecule has 10 heteroatoms. The summed E-state index contributed by atoms with van der Waals surface area (Å²) in [6.07, 6.45) is 0. The summed E-state index contributed by atoms with van der Waals surface area (Å²) in [5, 5.41) is 29.9. The highest BCUT2D eigenvalue weighted by Crippen LogP contribution is 2.40. The first-order chi connectivity index (χ1) is 11.9. The lowest BCUT2D eigenvalue weighted by Crippen LogP contribution is -2.31. The van der Waals surface area contributed by atoms with Crippen molar-refractivity contribution in [3.63, 3.8) is 0 Å². The largest absolute Gasteiger partial charge is 0.466 e. The van der Waals surface area contributed by atoms with Crippen molar-refractivity contribution >= 4 is 17.0 Å². The fourth-order valence-corrected chi connectivity index (χ4v) is 3.06. The van der Waals surface area contributed by atoms with Gasteiger partial charge in [-0.05, 0) is 24.8 Å². The molecule has 1 atom stereocenters. The van der Waals surface area contributed by atoms with E-state index in [1.54, 1.807) is 26.0 Å². The van der Waals surface area contributed by atoms with Gasteiger partial charge in [0.2, 0.25) is 5.52 Å². The topological polar surface area (TPSA) is 134 Å². The van der Waals surface area contributed by atoms with E-state index in [1.807, 2.05) is 0 Å². The van der Waals surface area contributed by atoms with Crippen molar-refractivity contribution in [3.8, 4) is 0 Å². The molecule has 1 aliphatic heterocycles. The Bertz CT molecular complexity index is 958. The third-order valence-electron chi connectivity index (χ3n) is 4.09. The number of nitro groups is 1. The molecule has 1 aromatic heterocycles. The Morgan fingerprint density at radius 3 is 2.76 bits per heavy atom. The number of carbonyl (C=O) groups is 1. The van der Waals surface area contributed by atoms with E-state index in [2.05, 4.69) is 15.1 Å². The zero-order valence-corrected chi connectivity index (χ0v) is 13.6. The number of carbonyl (C=O) groups excluding carboxylic acids is 1. The molecule has 0 spiro atoms. The van der Waals surface area contributed by atoms with Crippen molar-refractivity contribution in [3.05, 3.63) is 61.7 Å². The summed E-state index contributed by atoms with van der Waals surface area (Å²) < 4.78 is 9.39. The van der Waals surface area contributed by atoms with Crippen LogP contribution in [0.15, 0.2) is 45.5 Å². The summed E-state index contributed by atoms with van der Waals surface area (Å²) in [5.41, 5.74) is 1.13. The van der Waals surface area contributed by atoms with Crippen molar-refractivity contribution in [2.45, 2.75) is 19.8 Å². The molecule has 0 saturated heterocycles. The Labute approximate surface area is 141 Å². The van der Waals surface area contributed by atoms with Gasteiger partial charge in [-0.3, -0.25) is 14.7 Å². The monoisotopic (exact) mass is 346 g/mol. The third-order valence-corrected chi connectivity index (χ3v) is 4.09. The molecule has 10 nitrogen and oxygen atoms in total. The fraction of sp³-hybridized carbons (Fsp3) is 0.267. The third kappa shape index (κ3) is 2.47. The molecule has 1 N–H and O–H groups in total. The SMILES string of the molecule is COC(=O)C1=C(C)NC(C)=C([N+](=O)[O-])[C@@H]1c1cccc2c1no[n+]2[O-]. The van der Waals surface area contributed by atoms with E-state index in [1.165, 1.54) is 13.2 Å². The number of benzene rings is 1. The second kappa shape index (κ2) is 5.89. The van der Waals surface area contributed by atoms with Crippen LogP contribution in [0.2, 0.25) is 0 Å². The summed E-state index contributed by atoms with van der Waals surface area (Å²) in [6.45, 7) is 3.16. The molecular formula is C15H14N4O6. The number of nitrogens with one attached hydrogen (secondary N) is 1. The van der Waals surface area contributed by atoms with Gasteiger partial charge >= 0.3 is 5.97 Å². The maximum Gasteiger partial charge on any atom is 0.336 e. The minimum Gasteiger partial charge on any atom is -0.466 e. The highest BCUT2D eigenvalue weighted by Gasteiger charge is 2.42. The average molecular weight is 346 g/mol. The van der Waals surface area contributed by atoms with Crippen molar-refractivity contribution in [1.82, 2.24) is 10.5 Å². The van der Waals surface area contributed by atoms with Crippen LogP contribution >= 0.6 is 0 Å². The van der Waals surface area contributed by atoms with Gasteiger partial charge in [-0.1, -0.05) is 12.1 Å².